The van der Waals surface area contributed by atoms with Crippen molar-refractivity contribution in [3.63, 3.8) is 0 Å². The monoisotopic (exact) mass is 332 g/mol. The van der Waals surface area contributed by atoms with Gasteiger partial charge in [0, 0.05) is 10.2 Å². The first kappa shape index (κ1) is 13.0. The molecule has 1 N–H and O–H groups in total. The number of amides is 1. The molecule has 1 heterocycles. The quantitative estimate of drug-likeness (QED) is 0.914. The lowest BCUT2D eigenvalue weighted by atomic mass is 10.1. The molecule has 20 heavy (non-hydrogen) atoms. The number of hydrogen-bond acceptors (Lipinski definition) is 3. The van der Waals surface area contributed by atoms with Crippen LogP contribution >= 0.6 is 15.9 Å². The Hall–Kier alpha value is -2.01. The normalized spacial score (nSPS) is 13.7. The van der Waals surface area contributed by atoms with Crippen molar-refractivity contribution in [2.24, 2.45) is 0 Å². The van der Waals surface area contributed by atoms with Gasteiger partial charge < -0.3 is 10.1 Å². The Kier molecular flexibility index (Phi) is 3.36. The average molecular weight is 333 g/mol. The summed E-state index contributed by atoms with van der Waals surface area (Å²) in [5.74, 6) is 0.784. The van der Waals surface area contributed by atoms with E-state index in [2.05, 4.69) is 21.2 Å². The third-order valence-corrected chi connectivity index (χ3v) is 3.70. The Bertz CT molecular complexity index is 655. The highest BCUT2D eigenvalue weighted by Gasteiger charge is 2.25. The molecule has 0 spiro atoms. The van der Waals surface area contributed by atoms with Gasteiger partial charge in [0.1, 0.15) is 5.75 Å². The number of rotatable bonds is 2. The van der Waals surface area contributed by atoms with Crippen LogP contribution in [0.2, 0.25) is 0 Å². The summed E-state index contributed by atoms with van der Waals surface area (Å²) in [6.07, 6.45) is 0. The lowest BCUT2D eigenvalue weighted by Crippen LogP contribution is -2.36. The largest absolute Gasteiger partial charge is 0.497 e. The molecule has 4 nitrogen and oxygen atoms in total. The SMILES string of the molecule is COc1ccc(N2C(=O)CNc3ccc(Br)cc32)cc1. The first-order valence-electron chi connectivity index (χ1n) is 6.19. The van der Waals surface area contributed by atoms with Gasteiger partial charge in [-0.05, 0) is 42.5 Å². The number of methoxy groups -OCH3 is 1. The van der Waals surface area contributed by atoms with E-state index in [4.69, 9.17) is 4.74 Å². The van der Waals surface area contributed by atoms with E-state index in [-0.39, 0.29) is 5.91 Å². The molecule has 3 rings (SSSR count). The van der Waals surface area contributed by atoms with Gasteiger partial charge in [0.25, 0.3) is 5.91 Å². The molecular weight excluding hydrogens is 320 g/mol. The number of fused-ring (bicyclic) bond motifs is 1. The first-order valence-corrected chi connectivity index (χ1v) is 6.99. The number of hydrogen-bond donors (Lipinski definition) is 1. The maximum absolute atomic E-state index is 12.2. The van der Waals surface area contributed by atoms with E-state index in [9.17, 15) is 4.79 Å². The van der Waals surface area contributed by atoms with Gasteiger partial charge in [-0.3, -0.25) is 9.69 Å². The predicted octanol–water partition coefficient (Wildman–Crippen LogP) is 3.55. The number of benzene rings is 2. The maximum Gasteiger partial charge on any atom is 0.250 e. The minimum absolute atomic E-state index is 0.0146. The van der Waals surface area contributed by atoms with E-state index in [1.807, 2.05) is 42.5 Å². The minimum Gasteiger partial charge on any atom is -0.497 e. The number of ether oxygens (including phenoxy) is 1. The fourth-order valence-corrected chi connectivity index (χ4v) is 2.59. The summed E-state index contributed by atoms with van der Waals surface area (Å²) in [6.45, 7) is 0.292. The van der Waals surface area contributed by atoms with Gasteiger partial charge >= 0.3 is 0 Å². The van der Waals surface area contributed by atoms with E-state index < -0.39 is 0 Å². The number of halogens is 1. The Morgan fingerprint density at radius 2 is 1.95 bits per heavy atom. The molecule has 1 aliphatic heterocycles. The van der Waals surface area contributed by atoms with Crippen molar-refractivity contribution in [2.45, 2.75) is 0 Å². The smallest absolute Gasteiger partial charge is 0.250 e. The zero-order valence-electron chi connectivity index (χ0n) is 10.9. The maximum atomic E-state index is 12.2. The van der Waals surface area contributed by atoms with Crippen LogP contribution in [0.4, 0.5) is 17.1 Å². The Morgan fingerprint density at radius 3 is 2.65 bits per heavy atom. The first-order chi connectivity index (χ1) is 9.69. The Labute approximate surface area is 125 Å². The van der Waals surface area contributed by atoms with Gasteiger partial charge in [0.05, 0.1) is 25.0 Å². The van der Waals surface area contributed by atoms with Crippen LogP contribution in [-0.2, 0) is 4.79 Å². The number of anilines is 3. The van der Waals surface area contributed by atoms with E-state index in [1.165, 1.54) is 0 Å². The highest BCUT2D eigenvalue weighted by Crippen LogP contribution is 2.37. The fourth-order valence-electron chi connectivity index (χ4n) is 2.24. The average Bonchev–Trinajstić information content (AvgIpc) is 2.47. The van der Waals surface area contributed by atoms with Crippen molar-refractivity contribution in [2.75, 3.05) is 23.9 Å². The van der Waals surface area contributed by atoms with Crippen molar-refractivity contribution < 1.29 is 9.53 Å². The van der Waals surface area contributed by atoms with Crippen LogP contribution < -0.4 is 15.0 Å². The molecule has 0 atom stereocenters. The summed E-state index contributed by atoms with van der Waals surface area (Å²) in [5, 5.41) is 3.13. The molecule has 0 aromatic heterocycles. The predicted molar refractivity (Wildman–Crippen MR) is 82.8 cm³/mol. The van der Waals surface area contributed by atoms with Crippen molar-refractivity contribution in [1.29, 1.82) is 0 Å². The second-order valence-corrected chi connectivity index (χ2v) is 5.36. The van der Waals surface area contributed by atoms with Crippen molar-refractivity contribution in [3.05, 3.63) is 46.9 Å². The zero-order valence-corrected chi connectivity index (χ0v) is 12.5. The van der Waals surface area contributed by atoms with Crippen LogP contribution in [-0.4, -0.2) is 19.6 Å². The molecule has 0 radical (unpaired) electrons. The van der Waals surface area contributed by atoms with Crippen LogP contribution in [0.1, 0.15) is 0 Å². The van der Waals surface area contributed by atoms with Crippen LogP contribution in [0.25, 0.3) is 0 Å². The molecule has 1 amide bonds. The van der Waals surface area contributed by atoms with Gasteiger partial charge in [0.15, 0.2) is 0 Å². The molecule has 5 heteroatoms. The molecule has 0 fully saturated rings. The summed E-state index contributed by atoms with van der Waals surface area (Å²) < 4.78 is 6.08. The Balaban J connectivity index is 2.07. The number of nitrogens with one attached hydrogen (secondary N) is 1. The lowest BCUT2D eigenvalue weighted by molar-refractivity contribution is -0.116. The van der Waals surface area contributed by atoms with Crippen molar-refractivity contribution in [1.82, 2.24) is 0 Å². The fraction of sp³-hybridized carbons (Fsp3) is 0.133. The third-order valence-electron chi connectivity index (χ3n) is 3.21. The molecule has 0 saturated carbocycles. The van der Waals surface area contributed by atoms with Crippen LogP contribution in [0.5, 0.6) is 5.75 Å². The minimum atomic E-state index is 0.0146. The van der Waals surface area contributed by atoms with Gasteiger partial charge in [0.2, 0.25) is 0 Å². The second kappa shape index (κ2) is 5.17. The van der Waals surface area contributed by atoms with Gasteiger partial charge in [-0.2, -0.15) is 0 Å². The van der Waals surface area contributed by atoms with Crippen molar-refractivity contribution >= 4 is 38.9 Å². The summed E-state index contributed by atoms with van der Waals surface area (Å²) in [5.41, 5.74) is 2.63. The van der Waals surface area contributed by atoms with E-state index >= 15 is 0 Å². The molecule has 102 valence electrons. The summed E-state index contributed by atoms with van der Waals surface area (Å²) in [6, 6.07) is 13.3. The molecule has 2 aromatic carbocycles. The molecule has 2 aromatic rings. The summed E-state index contributed by atoms with van der Waals surface area (Å²) in [7, 11) is 1.62. The van der Waals surface area contributed by atoms with E-state index in [0.717, 1.165) is 27.3 Å². The molecule has 1 aliphatic rings. The third kappa shape index (κ3) is 2.25. The Morgan fingerprint density at radius 1 is 1.20 bits per heavy atom. The number of carbonyl (C=O) groups is 1. The van der Waals surface area contributed by atoms with E-state index in [1.54, 1.807) is 12.0 Å². The lowest BCUT2D eigenvalue weighted by Gasteiger charge is -2.30. The van der Waals surface area contributed by atoms with Gasteiger partial charge in [-0.1, -0.05) is 15.9 Å². The number of carbonyl (C=O) groups excluding carboxylic acids is 1. The number of nitrogens with zero attached hydrogens (tertiary/aromatic N) is 1. The molecule has 0 saturated heterocycles. The zero-order chi connectivity index (χ0) is 14.1. The molecule has 0 unspecified atom stereocenters. The molecule has 0 bridgehead atoms. The summed E-state index contributed by atoms with van der Waals surface area (Å²) >= 11 is 3.45. The highest BCUT2D eigenvalue weighted by atomic mass is 79.9. The highest BCUT2D eigenvalue weighted by molar-refractivity contribution is 9.10. The van der Waals surface area contributed by atoms with Gasteiger partial charge in [-0.25, -0.2) is 0 Å². The van der Waals surface area contributed by atoms with Crippen LogP contribution in [0.15, 0.2) is 46.9 Å². The topological polar surface area (TPSA) is 41.6 Å². The van der Waals surface area contributed by atoms with Crippen LogP contribution in [0, 0.1) is 0 Å². The second-order valence-electron chi connectivity index (χ2n) is 4.44. The van der Waals surface area contributed by atoms with Crippen LogP contribution in [0.3, 0.4) is 0 Å². The van der Waals surface area contributed by atoms with Gasteiger partial charge in [-0.15, -0.1) is 0 Å². The summed E-state index contributed by atoms with van der Waals surface area (Å²) in [4.78, 5) is 14.0. The molecular formula is C15H13BrN2O2. The van der Waals surface area contributed by atoms with E-state index in [0.29, 0.717) is 6.54 Å². The van der Waals surface area contributed by atoms with Crippen molar-refractivity contribution in [3.8, 4) is 5.75 Å². The molecule has 0 aliphatic carbocycles. The standard InChI is InChI=1S/C15H13BrN2O2/c1-20-12-5-3-11(4-6-12)18-14-8-10(16)2-7-13(14)17-9-15(18)19/h2-8,17H,9H2,1H3.